The van der Waals surface area contributed by atoms with Gasteiger partial charge in [-0.1, -0.05) is 11.6 Å². The molecule has 2 rings (SSSR count). The molecular weight excluding hydrogens is 306 g/mol. The number of sulfonamides is 1. The average Bonchev–Trinajstić information content (AvgIpc) is 2.81. The number of aromatic nitrogens is 1. The molecule has 0 radical (unpaired) electrons. The van der Waals surface area contributed by atoms with Crippen LogP contribution in [0, 0.1) is 0 Å². The second-order valence-electron chi connectivity index (χ2n) is 3.92. The minimum absolute atomic E-state index is 0.0506. The van der Waals surface area contributed by atoms with E-state index < -0.39 is 10.0 Å². The van der Waals surface area contributed by atoms with Crippen LogP contribution in [0.5, 0.6) is 0 Å². The molecule has 2 N–H and O–H groups in total. The van der Waals surface area contributed by atoms with Gasteiger partial charge in [0.25, 0.3) is 0 Å². The number of nitrogens with zero attached hydrogens (tertiary/aromatic N) is 2. The lowest BCUT2D eigenvalue weighted by Gasteiger charge is -2.17. The van der Waals surface area contributed by atoms with Gasteiger partial charge in [0, 0.05) is 17.5 Å². The van der Waals surface area contributed by atoms with E-state index in [1.165, 1.54) is 40.9 Å². The second-order valence-corrected chi connectivity index (χ2v) is 7.09. The van der Waals surface area contributed by atoms with Crippen molar-refractivity contribution in [3.05, 3.63) is 39.8 Å². The van der Waals surface area contributed by atoms with Crippen molar-refractivity contribution in [1.82, 2.24) is 9.29 Å². The van der Waals surface area contributed by atoms with Gasteiger partial charge in [-0.3, -0.25) is 0 Å². The van der Waals surface area contributed by atoms with E-state index in [2.05, 4.69) is 4.98 Å². The van der Waals surface area contributed by atoms with Crippen molar-refractivity contribution in [2.24, 2.45) is 0 Å². The first-order valence-corrected chi connectivity index (χ1v) is 8.06. The third-order valence-electron chi connectivity index (χ3n) is 2.53. The number of hydrogen-bond acceptors (Lipinski definition) is 5. The molecule has 0 amide bonds. The molecule has 0 aliphatic carbocycles. The molecule has 0 spiro atoms. The fourth-order valence-electron chi connectivity index (χ4n) is 1.55. The third-order valence-corrected chi connectivity index (χ3v) is 5.28. The van der Waals surface area contributed by atoms with Crippen molar-refractivity contribution in [2.45, 2.75) is 11.4 Å². The molecule has 5 nitrogen and oxygen atoms in total. The lowest BCUT2D eigenvalue weighted by Crippen LogP contribution is -2.27. The molecule has 1 aromatic carbocycles. The highest BCUT2D eigenvalue weighted by Crippen LogP contribution is 2.25. The molecule has 0 aliphatic rings. The van der Waals surface area contributed by atoms with Gasteiger partial charge in [0.15, 0.2) is 0 Å². The zero-order valence-electron chi connectivity index (χ0n) is 10.1. The molecule has 1 heterocycles. The highest BCUT2D eigenvalue weighted by molar-refractivity contribution is 7.89. The SMILES string of the molecule is CN(Cc1cscn1)S(=O)(=O)c1ccc(Cl)cc1N. The Morgan fingerprint density at radius 1 is 1.47 bits per heavy atom. The van der Waals surface area contributed by atoms with Crippen LogP contribution in [0.4, 0.5) is 5.69 Å². The quantitative estimate of drug-likeness (QED) is 0.877. The van der Waals surface area contributed by atoms with E-state index in [0.29, 0.717) is 10.7 Å². The molecule has 2 aromatic rings. The summed E-state index contributed by atoms with van der Waals surface area (Å²) < 4.78 is 25.9. The minimum Gasteiger partial charge on any atom is -0.398 e. The van der Waals surface area contributed by atoms with Crippen molar-refractivity contribution in [2.75, 3.05) is 12.8 Å². The van der Waals surface area contributed by atoms with Crippen LogP contribution in [0.3, 0.4) is 0 Å². The van der Waals surface area contributed by atoms with Crippen LogP contribution in [0.15, 0.2) is 34.0 Å². The van der Waals surface area contributed by atoms with E-state index in [1.807, 2.05) is 0 Å². The fourth-order valence-corrected chi connectivity index (χ4v) is 3.52. The smallest absolute Gasteiger partial charge is 0.245 e. The maximum atomic E-state index is 12.4. The third kappa shape index (κ3) is 3.06. The number of benzene rings is 1. The van der Waals surface area contributed by atoms with Crippen LogP contribution >= 0.6 is 22.9 Å². The van der Waals surface area contributed by atoms with Crippen molar-refractivity contribution < 1.29 is 8.42 Å². The van der Waals surface area contributed by atoms with E-state index in [0.717, 1.165) is 0 Å². The number of hydrogen-bond donors (Lipinski definition) is 1. The molecular formula is C11H12ClN3O2S2. The lowest BCUT2D eigenvalue weighted by molar-refractivity contribution is 0.463. The summed E-state index contributed by atoms with van der Waals surface area (Å²) >= 11 is 7.18. The Kier molecular flexibility index (Phi) is 4.10. The average molecular weight is 318 g/mol. The van der Waals surface area contributed by atoms with Crippen molar-refractivity contribution in [1.29, 1.82) is 0 Å². The Labute approximate surface area is 120 Å². The summed E-state index contributed by atoms with van der Waals surface area (Å²) in [5.74, 6) is 0. The number of nitrogens with two attached hydrogens (primary N) is 1. The molecule has 0 bridgehead atoms. The van der Waals surface area contributed by atoms with Gasteiger partial charge in [-0.05, 0) is 18.2 Å². The summed E-state index contributed by atoms with van der Waals surface area (Å²) in [6.45, 7) is 0.202. The largest absolute Gasteiger partial charge is 0.398 e. The van der Waals surface area contributed by atoms with Gasteiger partial charge in [0.05, 0.1) is 23.4 Å². The molecule has 8 heteroatoms. The standard InChI is InChI=1S/C11H12ClN3O2S2/c1-15(5-9-6-18-7-14-9)19(16,17)11-3-2-8(12)4-10(11)13/h2-4,6-7H,5,13H2,1H3. The molecule has 1 aromatic heterocycles. The maximum absolute atomic E-state index is 12.4. The monoisotopic (exact) mass is 317 g/mol. The van der Waals surface area contributed by atoms with Gasteiger partial charge in [-0.25, -0.2) is 13.4 Å². The van der Waals surface area contributed by atoms with Crippen LogP contribution in [0.2, 0.25) is 5.02 Å². The predicted octanol–water partition coefficient (Wildman–Crippen LogP) is 2.20. The van der Waals surface area contributed by atoms with E-state index in [9.17, 15) is 8.42 Å². The van der Waals surface area contributed by atoms with Crippen LogP contribution in [-0.2, 0) is 16.6 Å². The predicted molar refractivity (Wildman–Crippen MR) is 76.6 cm³/mol. The molecule has 19 heavy (non-hydrogen) atoms. The van der Waals surface area contributed by atoms with Crippen molar-refractivity contribution in [3.8, 4) is 0 Å². The number of rotatable bonds is 4. The highest BCUT2D eigenvalue weighted by Gasteiger charge is 2.23. The van der Waals surface area contributed by atoms with Gasteiger partial charge in [0.2, 0.25) is 10.0 Å². The summed E-state index contributed by atoms with van der Waals surface area (Å²) in [7, 11) is -2.16. The summed E-state index contributed by atoms with van der Waals surface area (Å²) in [6, 6.07) is 4.33. The molecule has 0 saturated heterocycles. The Morgan fingerprint density at radius 2 is 2.21 bits per heavy atom. The summed E-state index contributed by atoms with van der Waals surface area (Å²) in [4.78, 5) is 4.11. The van der Waals surface area contributed by atoms with Crippen LogP contribution in [0.25, 0.3) is 0 Å². The van der Waals surface area contributed by atoms with Gasteiger partial charge < -0.3 is 5.73 Å². The number of halogens is 1. The Morgan fingerprint density at radius 3 is 2.79 bits per heavy atom. The summed E-state index contributed by atoms with van der Waals surface area (Å²) in [6.07, 6.45) is 0. The topological polar surface area (TPSA) is 76.3 Å². The Bertz CT molecular complexity index is 671. The lowest BCUT2D eigenvalue weighted by atomic mass is 10.3. The molecule has 0 aliphatic heterocycles. The Balaban J connectivity index is 2.31. The van der Waals surface area contributed by atoms with Gasteiger partial charge in [-0.15, -0.1) is 11.3 Å². The van der Waals surface area contributed by atoms with E-state index in [-0.39, 0.29) is 17.1 Å². The van der Waals surface area contributed by atoms with E-state index in [4.69, 9.17) is 17.3 Å². The van der Waals surface area contributed by atoms with Gasteiger partial charge in [-0.2, -0.15) is 4.31 Å². The van der Waals surface area contributed by atoms with Crippen LogP contribution in [-0.4, -0.2) is 24.8 Å². The van der Waals surface area contributed by atoms with Crippen LogP contribution in [0.1, 0.15) is 5.69 Å². The molecule has 0 atom stereocenters. The molecule has 0 unspecified atom stereocenters. The van der Waals surface area contributed by atoms with E-state index >= 15 is 0 Å². The fraction of sp³-hybridized carbons (Fsp3) is 0.182. The second kappa shape index (κ2) is 5.46. The van der Waals surface area contributed by atoms with Gasteiger partial charge in [0.1, 0.15) is 4.90 Å². The first kappa shape index (κ1) is 14.3. The van der Waals surface area contributed by atoms with Crippen molar-refractivity contribution >= 4 is 38.6 Å². The molecule has 102 valence electrons. The first-order chi connectivity index (χ1) is 8.91. The normalized spacial score (nSPS) is 11.9. The van der Waals surface area contributed by atoms with Crippen molar-refractivity contribution in [3.63, 3.8) is 0 Å². The zero-order chi connectivity index (χ0) is 14.0. The Hall–Kier alpha value is -1.15. The summed E-state index contributed by atoms with van der Waals surface area (Å²) in [5.41, 5.74) is 8.21. The molecule has 0 fully saturated rings. The van der Waals surface area contributed by atoms with Crippen LogP contribution < -0.4 is 5.73 Å². The molecule has 0 saturated carbocycles. The zero-order valence-corrected chi connectivity index (χ0v) is 12.5. The highest BCUT2D eigenvalue weighted by atomic mass is 35.5. The number of nitrogen functional groups attached to an aromatic ring is 1. The summed E-state index contributed by atoms with van der Waals surface area (Å²) in [5, 5.41) is 2.20. The minimum atomic E-state index is -3.65. The number of thiazole rings is 1. The maximum Gasteiger partial charge on any atom is 0.245 e. The van der Waals surface area contributed by atoms with Gasteiger partial charge >= 0.3 is 0 Å². The first-order valence-electron chi connectivity index (χ1n) is 5.29. The number of anilines is 1. The van der Waals surface area contributed by atoms with E-state index in [1.54, 1.807) is 10.9 Å².